The van der Waals surface area contributed by atoms with Gasteiger partial charge in [-0.25, -0.2) is 0 Å². The van der Waals surface area contributed by atoms with Crippen LogP contribution in [0, 0.1) is 0 Å². The molecule has 0 spiro atoms. The van der Waals surface area contributed by atoms with E-state index in [9.17, 15) is 5.11 Å². The third-order valence-corrected chi connectivity index (χ3v) is 4.29. The predicted molar refractivity (Wildman–Crippen MR) is 81.8 cm³/mol. The van der Waals surface area contributed by atoms with Crippen molar-refractivity contribution in [1.82, 2.24) is 0 Å². The van der Waals surface area contributed by atoms with Gasteiger partial charge in [0.2, 0.25) is 0 Å². The van der Waals surface area contributed by atoms with Crippen LogP contribution in [0.4, 0.5) is 0 Å². The van der Waals surface area contributed by atoms with E-state index in [4.69, 9.17) is 0 Å². The van der Waals surface area contributed by atoms with Crippen LogP contribution >= 0.6 is 31.9 Å². The quantitative estimate of drug-likeness (QED) is 0.839. The van der Waals surface area contributed by atoms with Crippen LogP contribution in [0.25, 0.3) is 0 Å². The molecule has 1 N–H and O–H groups in total. The van der Waals surface area contributed by atoms with Crippen molar-refractivity contribution in [3.63, 3.8) is 0 Å². The molecule has 2 aromatic rings. The molecule has 1 atom stereocenters. The van der Waals surface area contributed by atoms with Gasteiger partial charge in [0, 0.05) is 14.9 Å². The van der Waals surface area contributed by atoms with Gasteiger partial charge in [-0.3, -0.25) is 0 Å². The minimum absolute atomic E-state index is 0.136. The Morgan fingerprint density at radius 2 is 1.61 bits per heavy atom. The van der Waals surface area contributed by atoms with Gasteiger partial charge in [0.05, 0.1) is 6.61 Å². The molecule has 2 aromatic carbocycles. The smallest absolute Gasteiger partial charge is 0.0502 e. The van der Waals surface area contributed by atoms with Crippen LogP contribution < -0.4 is 0 Å². The normalized spacial score (nSPS) is 12.4. The molecule has 0 radical (unpaired) electrons. The molecule has 0 aromatic heterocycles. The fraction of sp³-hybridized carbons (Fsp3) is 0.200. The Labute approximate surface area is 124 Å². The molecule has 1 nitrogen and oxygen atoms in total. The second-order valence-electron chi connectivity index (χ2n) is 4.23. The molecule has 0 amide bonds. The lowest BCUT2D eigenvalue weighted by Crippen LogP contribution is -2.08. The molecule has 0 fully saturated rings. The average Bonchev–Trinajstić information content (AvgIpc) is 2.39. The van der Waals surface area contributed by atoms with Gasteiger partial charge in [0.1, 0.15) is 0 Å². The highest BCUT2D eigenvalue weighted by molar-refractivity contribution is 9.10. The monoisotopic (exact) mass is 368 g/mol. The zero-order chi connectivity index (χ0) is 13.0. The number of benzene rings is 2. The van der Waals surface area contributed by atoms with Crippen LogP contribution in [-0.2, 0) is 6.42 Å². The summed E-state index contributed by atoms with van der Waals surface area (Å²) in [6, 6.07) is 16.3. The molecule has 94 valence electrons. The summed E-state index contributed by atoms with van der Waals surface area (Å²) in [4.78, 5) is 0. The van der Waals surface area contributed by atoms with Gasteiger partial charge in [-0.15, -0.1) is 0 Å². The van der Waals surface area contributed by atoms with Crippen molar-refractivity contribution in [3.8, 4) is 0 Å². The molecule has 1 unspecified atom stereocenters. The lowest BCUT2D eigenvalue weighted by molar-refractivity contribution is 0.264. The fourth-order valence-corrected chi connectivity index (χ4v) is 2.66. The largest absolute Gasteiger partial charge is 0.396 e. The van der Waals surface area contributed by atoms with E-state index in [0.29, 0.717) is 0 Å². The molecule has 0 saturated heterocycles. The Morgan fingerprint density at radius 3 is 2.22 bits per heavy atom. The first-order valence-electron chi connectivity index (χ1n) is 5.80. The Kier molecular flexibility index (Phi) is 4.98. The Morgan fingerprint density at radius 1 is 0.944 bits per heavy atom. The van der Waals surface area contributed by atoms with Gasteiger partial charge in [-0.05, 0) is 35.7 Å². The summed E-state index contributed by atoms with van der Waals surface area (Å²) < 4.78 is 2.16. The molecular weight excluding hydrogens is 356 g/mol. The van der Waals surface area contributed by atoms with Crippen molar-refractivity contribution in [2.24, 2.45) is 0 Å². The van der Waals surface area contributed by atoms with E-state index in [1.165, 1.54) is 5.56 Å². The lowest BCUT2D eigenvalue weighted by atomic mass is 9.93. The summed E-state index contributed by atoms with van der Waals surface area (Å²) in [5.74, 6) is 0.136. The van der Waals surface area contributed by atoms with E-state index < -0.39 is 0 Å². The number of hydrogen-bond acceptors (Lipinski definition) is 1. The summed E-state index contributed by atoms with van der Waals surface area (Å²) in [5, 5.41) is 9.57. The van der Waals surface area contributed by atoms with Crippen molar-refractivity contribution in [2.75, 3.05) is 6.61 Å². The average molecular weight is 370 g/mol. The molecule has 0 bridgehead atoms. The van der Waals surface area contributed by atoms with Crippen LogP contribution in [0.2, 0.25) is 0 Å². The Balaban J connectivity index is 2.20. The van der Waals surface area contributed by atoms with Crippen molar-refractivity contribution >= 4 is 31.9 Å². The number of aliphatic hydroxyl groups is 1. The maximum absolute atomic E-state index is 9.57. The SMILES string of the molecule is OCC(Cc1ccccc1Br)c1ccc(Br)cc1. The van der Waals surface area contributed by atoms with Crippen molar-refractivity contribution in [3.05, 3.63) is 68.6 Å². The zero-order valence-corrected chi connectivity index (χ0v) is 13.0. The fourth-order valence-electron chi connectivity index (χ4n) is 1.95. The summed E-state index contributed by atoms with van der Waals surface area (Å²) in [7, 11) is 0. The molecule has 2 rings (SSSR count). The molecule has 18 heavy (non-hydrogen) atoms. The van der Waals surface area contributed by atoms with E-state index in [1.807, 2.05) is 30.3 Å². The second kappa shape index (κ2) is 6.50. The number of rotatable bonds is 4. The van der Waals surface area contributed by atoms with Gasteiger partial charge < -0.3 is 5.11 Å². The highest BCUT2D eigenvalue weighted by Gasteiger charge is 2.12. The zero-order valence-electron chi connectivity index (χ0n) is 9.81. The van der Waals surface area contributed by atoms with Crippen molar-refractivity contribution in [2.45, 2.75) is 12.3 Å². The van der Waals surface area contributed by atoms with Crippen molar-refractivity contribution < 1.29 is 5.11 Å². The summed E-state index contributed by atoms with van der Waals surface area (Å²) in [6.07, 6.45) is 0.833. The second-order valence-corrected chi connectivity index (χ2v) is 6.00. The van der Waals surface area contributed by atoms with Gasteiger partial charge in [-0.1, -0.05) is 62.2 Å². The summed E-state index contributed by atoms with van der Waals surface area (Å²) in [5.41, 5.74) is 2.39. The maximum atomic E-state index is 9.57. The third kappa shape index (κ3) is 3.44. The van der Waals surface area contributed by atoms with E-state index in [0.717, 1.165) is 20.9 Å². The van der Waals surface area contributed by atoms with Crippen LogP contribution in [-0.4, -0.2) is 11.7 Å². The number of hydrogen-bond donors (Lipinski definition) is 1. The topological polar surface area (TPSA) is 20.2 Å². The maximum Gasteiger partial charge on any atom is 0.0502 e. The van der Waals surface area contributed by atoms with Crippen molar-refractivity contribution in [1.29, 1.82) is 0 Å². The van der Waals surface area contributed by atoms with E-state index in [1.54, 1.807) is 0 Å². The van der Waals surface area contributed by atoms with Crippen LogP contribution in [0.5, 0.6) is 0 Å². The highest BCUT2D eigenvalue weighted by Crippen LogP contribution is 2.26. The van der Waals surface area contributed by atoms with E-state index in [-0.39, 0.29) is 12.5 Å². The minimum Gasteiger partial charge on any atom is -0.396 e. The lowest BCUT2D eigenvalue weighted by Gasteiger charge is -2.15. The molecule has 0 heterocycles. The highest BCUT2D eigenvalue weighted by atomic mass is 79.9. The van der Waals surface area contributed by atoms with Gasteiger partial charge in [0.15, 0.2) is 0 Å². The first-order chi connectivity index (χ1) is 8.70. The van der Waals surface area contributed by atoms with Gasteiger partial charge in [0.25, 0.3) is 0 Å². The van der Waals surface area contributed by atoms with E-state index >= 15 is 0 Å². The number of aliphatic hydroxyl groups excluding tert-OH is 1. The van der Waals surface area contributed by atoms with Crippen LogP contribution in [0.3, 0.4) is 0 Å². The third-order valence-electron chi connectivity index (χ3n) is 2.99. The first kappa shape index (κ1) is 13.8. The summed E-state index contributed by atoms with van der Waals surface area (Å²) in [6.45, 7) is 0.156. The Hall–Kier alpha value is -0.640. The minimum atomic E-state index is 0.136. The summed E-state index contributed by atoms with van der Waals surface area (Å²) >= 11 is 6.97. The van der Waals surface area contributed by atoms with Gasteiger partial charge in [-0.2, -0.15) is 0 Å². The molecule has 0 aliphatic heterocycles. The van der Waals surface area contributed by atoms with Crippen LogP contribution in [0.15, 0.2) is 57.5 Å². The number of halogens is 2. The first-order valence-corrected chi connectivity index (χ1v) is 7.39. The van der Waals surface area contributed by atoms with E-state index in [2.05, 4.69) is 50.1 Å². The predicted octanol–water partition coefficient (Wildman–Crippen LogP) is 4.53. The molecule has 0 aliphatic rings. The standard InChI is InChI=1S/C15H14Br2O/c16-14-7-5-11(6-8-14)13(10-18)9-12-3-1-2-4-15(12)17/h1-8,13,18H,9-10H2. The molecule has 0 saturated carbocycles. The Bertz CT molecular complexity index is 508. The molecule has 3 heteroatoms. The molecular formula is C15H14Br2O. The van der Waals surface area contributed by atoms with Crippen LogP contribution in [0.1, 0.15) is 17.0 Å². The molecule has 0 aliphatic carbocycles. The van der Waals surface area contributed by atoms with Gasteiger partial charge >= 0.3 is 0 Å².